The fourth-order valence-corrected chi connectivity index (χ4v) is 1.05. The number of carbonyl (C=O) groups excluding carboxylic acids is 3. The van der Waals surface area contributed by atoms with Gasteiger partial charge in [-0.1, -0.05) is 0 Å². The molecule has 0 saturated heterocycles. The molecule has 0 spiro atoms. The monoisotopic (exact) mass is 266 g/mol. The van der Waals surface area contributed by atoms with Crippen molar-refractivity contribution in [3.63, 3.8) is 0 Å². The Hall–Kier alpha value is -0.890. The predicted molar refractivity (Wildman–Crippen MR) is 64.7 cm³/mol. The van der Waals surface area contributed by atoms with Gasteiger partial charge in [-0.3, -0.25) is 14.4 Å². The fourth-order valence-electron chi connectivity index (χ4n) is 0.739. The lowest BCUT2D eigenvalue weighted by Gasteiger charge is -2.09. The van der Waals surface area contributed by atoms with Gasteiger partial charge in [0, 0.05) is 18.8 Å². The molecule has 0 heterocycles. The molecule has 1 unspecified atom stereocenters. The van der Waals surface area contributed by atoms with Crippen LogP contribution in [0.15, 0.2) is 0 Å². The van der Waals surface area contributed by atoms with Crippen molar-refractivity contribution in [3.05, 3.63) is 0 Å². The molecule has 2 amide bonds. The molecule has 8 heteroatoms. The Morgan fingerprint density at radius 2 is 1.81 bits per heavy atom. The van der Waals surface area contributed by atoms with Gasteiger partial charge < -0.3 is 15.4 Å². The van der Waals surface area contributed by atoms with Gasteiger partial charge in [0.2, 0.25) is 0 Å². The van der Waals surface area contributed by atoms with Crippen LogP contribution in [0.3, 0.4) is 0 Å². The minimum atomic E-state index is -0.815. The van der Waals surface area contributed by atoms with Gasteiger partial charge in [0.25, 0.3) is 0 Å². The average Bonchev–Trinajstić information content (AvgIpc) is 2.31. The molecular weight excluding hydrogens is 252 g/mol. The summed E-state index contributed by atoms with van der Waals surface area (Å²) in [4.78, 5) is 33.1. The molecule has 6 nitrogen and oxygen atoms in total. The summed E-state index contributed by atoms with van der Waals surface area (Å²) in [7, 11) is 1.22. The van der Waals surface area contributed by atoms with E-state index in [0.29, 0.717) is 12.3 Å². The SMILES string of the molecule is COC(=O)C(S)CNC(=O)C(=O)NCCS. The van der Waals surface area contributed by atoms with E-state index in [4.69, 9.17) is 0 Å². The highest BCUT2D eigenvalue weighted by atomic mass is 32.1. The second-order valence-corrected chi connectivity index (χ2v) is 3.80. The number of carbonyl (C=O) groups is 3. The predicted octanol–water partition coefficient (Wildman–Crippen LogP) is -1.38. The average molecular weight is 266 g/mol. The number of rotatable bonds is 5. The van der Waals surface area contributed by atoms with Gasteiger partial charge in [0.05, 0.1) is 7.11 Å². The van der Waals surface area contributed by atoms with Gasteiger partial charge in [-0.2, -0.15) is 25.3 Å². The van der Waals surface area contributed by atoms with Gasteiger partial charge >= 0.3 is 17.8 Å². The number of amides is 2. The molecule has 0 rings (SSSR count). The van der Waals surface area contributed by atoms with Crippen LogP contribution >= 0.6 is 25.3 Å². The maximum atomic E-state index is 11.1. The summed E-state index contributed by atoms with van der Waals surface area (Å²) in [5.41, 5.74) is 0. The zero-order valence-electron chi connectivity index (χ0n) is 8.73. The van der Waals surface area contributed by atoms with Gasteiger partial charge in [-0.25, -0.2) is 0 Å². The van der Waals surface area contributed by atoms with Gasteiger partial charge in [-0.05, 0) is 0 Å². The molecular formula is C8H14N2O4S2. The molecule has 0 fully saturated rings. The Kier molecular flexibility index (Phi) is 7.82. The molecule has 0 aromatic heterocycles. The molecule has 0 radical (unpaired) electrons. The molecule has 0 aliphatic heterocycles. The van der Waals surface area contributed by atoms with Crippen molar-refractivity contribution in [2.24, 2.45) is 0 Å². The fraction of sp³-hybridized carbons (Fsp3) is 0.625. The summed E-state index contributed by atoms with van der Waals surface area (Å²) >= 11 is 7.75. The number of nitrogens with one attached hydrogen (secondary N) is 2. The van der Waals surface area contributed by atoms with Crippen molar-refractivity contribution < 1.29 is 19.1 Å². The first kappa shape index (κ1) is 15.1. The maximum Gasteiger partial charge on any atom is 0.320 e. The van der Waals surface area contributed by atoms with Crippen LogP contribution in [0.25, 0.3) is 0 Å². The van der Waals surface area contributed by atoms with E-state index in [0.717, 1.165) is 0 Å². The summed E-state index contributed by atoms with van der Waals surface area (Å²) in [6.45, 7) is 0.236. The van der Waals surface area contributed by atoms with E-state index >= 15 is 0 Å². The van der Waals surface area contributed by atoms with E-state index in [9.17, 15) is 14.4 Å². The Balaban J connectivity index is 3.88. The van der Waals surface area contributed by atoms with Crippen molar-refractivity contribution in [2.45, 2.75) is 5.25 Å². The van der Waals surface area contributed by atoms with E-state index in [1.54, 1.807) is 0 Å². The van der Waals surface area contributed by atoms with E-state index in [1.165, 1.54) is 7.11 Å². The molecule has 1 atom stereocenters. The van der Waals surface area contributed by atoms with Crippen LogP contribution in [0.1, 0.15) is 0 Å². The molecule has 92 valence electrons. The van der Waals surface area contributed by atoms with Crippen LogP contribution in [0.4, 0.5) is 0 Å². The minimum absolute atomic E-state index is 0.0666. The van der Waals surface area contributed by atoms with Crippen LogP contribution in [-0.4, -0.2) is 49.0 Å². The van der Waals surface area contributed by atoms with Crippen LogP contribution < -0.4 is 10.6 Å². The van der Waals surface area contributed by atoms with Crippen LogP contribution in [-0.2, 0) is 19.1 Å². The first-order chi connectivity index (χ1) is 7.52. The minimum Gasteiger partial charge on any atom is -0.468 e. The lowest BCUT2D eigenvalue weighted by molar-refractivity contribution is -0.141. The first-order valence-corrected chi connectivity index (χ1v) is 5.60. The summed E-state index contributed by atoms with van der Waals surface area (Å²) in [6, 6.07) is 0. The standard InChI is InChI=1S/C8H14N2O4S2/c1-14-8(13)5(16)4-10-7(12)6(11)9-2-3-15/h5,15-16H,2-4H2,1H3,(H,9,11)(H,10,12). The number of hydrogen-bond acceptors (Lipinski definition) is 6. The Labute approximate surface area is 104 Å². The Bertz CT molecular complexity index is 273. The van der Waals surface area contributed by atoms with Crippen molar-refractivity contribution in [3.8, 4) is 0 Å². The zero-order valence-corrected chi connectivity index (χ0v) is 10.5. The molecule has 2 N–H and O–H groups in total. The lowest BCUT2D eigenvalue weighted by Crippen LogP contribution is -2.43. The topological polar surface area (TPSA) is 84.5 Å². The lowest BCUT2D eigenvalue weighted by atomic mass is 10.4. The number of esters is 1. The van der Waals surface area contributed by atoms with Gasteiger partial charge in [0.15, 0.2) is 0 Å². The van der Waals surface area contributed by atoms with Crippen molar-refractivity contribution in [1.82, 2.24) is 10.6 Å². The van der Waals surface area contributed by atoms with E-state index in [-0.39, 0.29) is 6.54 Å². The third-order valence-electron chi connectivity index (χ3n) is 1.53. The first-order valence-electron chi connectivity index (χ1n) is 4.45. The molecule has 0 aromatic rings. The van der Waals surface area contributed by atoms with Crippen LogP contribution in [0.5, 0.6) is 0 Å². The van der Waals surface area contributed by atoms with E-state index in [1.807, 2.05) is 0 Å². The molecule has 0 saturated carbocycles. The normalized spacial score (nSPS) is 11.4. The van der Waals surface area contributed by atoms with Crippen molar-refractivity contribution in [2.75, 3.05) is 26.0 Å². The highest BCUT2D eigenvalue weighted by Crippen LogP contribution is 1.95. The summed E-state index contributed by atoms with van der Waals surface area (Å²) in [5.74, 6) is -1.71. The van der Waals surface area contributed by atoms with Crippen LogP contribution in [0.2, 0.25) is 0 Å². The van der Waals surface area contributed by atoms with E-state index in [2.05, 4.69) is 40.6 Å². The zero-order chi connectivity index (χ0) is 12.6. The number of thiol groups is 2. The number of hydrogen-bond donors (Lipinski definition) is 4. The molecule has 0 aliphatic rings. The van der Waals surface area contributed by atoms with E-state index < -0.39 is 23.0 Å². The third kappa shape index (κ3) is 5.86. The summed E-state index contributed by atoms with van der Waals surface area (Å²) in [6.07, 6.45) is 0. The number of methoxy groups -OCH3 is 1. The van der Waals surface area contributed by atoms with Crippen molar-refractivity contribution >= 4 is 43.0 Å². The highest BCUT2D eigenvalue weighted by molar-refractivity contribution is 7.81. The van der Waals surface area contributed by atoms with Crippen molar-refractivity contribution in [1.29, 1.82) is 0 Å². The summed E-state index contributed by atoms with van der Waals surface area (Å²) in [5, 5.41) is 3.80. The summed E-state index contributed by atoms with van der Waals surface area (Å²) < 4.78 is 4.39. The second-order valence-electron chi connectivity index (χ2n) is 2.73. The largest absolute Gasteiger partial charge is 0.468 e. The van der Waals surface area contributed by atoms with Gasteiger partial charge in [-0.15, -0.1) is 0 Å². The Morgan fingerprint density at radius 1 is 1.25 bits per heavy atom. The highest BCUT2D eigenvalue weighted by Gasteiger charge is 2.18. The van der Waals surface area contributed by atoms with Crippen LogP contribution in [0, 0.1) is 0 Å². The molecule has 0 bridgehead atoms. The Morgan fingerprint density at radius 3 is 2.31 bits per heavy atom. The van der Waals surface area contributed by atoms with Gasteiger partial charge in [0.1, 0.15) is 5.25 Å². The third-order valence-corrected chi connectivity index (χ3v) is 2.15. The number of ether oxygens (including phenoxy) is 1. The molecule has 0 aromatic carbocycles. The molecule has 0 aliphatic carbocycles. The smallest absolute Gasteiger partial charge is 0.320 e. The maximum absolute atomic E-state index is 11.1. The second kappa shape index (κ2) is 8.28. The quantitative estimate of drug-likeness (QED) is 0.281. The molecule has 16 heavy (non-hydrogen) atoms.